The molecular weight excluding hydrogens is 403 g/mol. The predicted octanol–water partition coefficient (Wildman–Crippen LogP) is 1.69. The summed E-state index contributed by atoms with van der Waals surface area (Å²) >= 11 is 5.88. The second kappa shape index (κ2) is 7.82. The third-order valence-corrected chi connectivity index (χ3v) is 3.22. The van der Waals surface area contributed by atoms with Crippen LogP contribution in [0.3, 0.4) is 0 Å². The number of nitrogens with one attached hydrogen (secondary N) is 1. The number of halogens is 6. The van der Waals surface area contributed by atoms with E-state index in [0.29, 0.717) is 0 Å². The summed E-state index contributed by atoms with van der Waals surface area (Å²) in [6.07, 6.45) is -1.10. The normalized spacial score (nSPS) is 12.4. The first-order chi connectivity index (χ1) is 12.5. The van der Waals surface area contributed by atoms with Gasteiger partial charge < -0.3 is 4.84 Å². The second-order valence-electron chi connectivity index (χ2n) is 5.07. The van der Waals surface area contributed by atoms with Crippen molar-refractivity contribution in [3.63, 3.8) is 0 Å². The van der Waals surface area contributed by atoms with Crippen molar-refractivity contribution < 1.29 is 36.3 Å². The minimum absolute atomic E-state index is 0.0537. The van der Waals surface area contributed by atoms with E-state index in [1.54, 1.807) is 7.05 Å². The number of oxime groups is 1. The summed E-state index contributed by atoms with van der Waals surface area (Å²) in [5.41, 5.74) is 2.41. The quantitative estimate of drug-likeness (QED) is 0.338. The Kier molecular flexibility index (Phi) is 5.93. The third kappa shape index (κ3) is 5.32. The number of hydrogen-bond donors (Lipinski definition) is 1. The van der Waals surface area contributed by atoms with Gasteiger partial charge in [0.25, 0.3) is 12.2 Å². The van der Waals surface area contributed by atoms with E-state index in [0.717, 1.165) is 12.4 Å². The Morgan fingerprint density at radius 3 is 2.70 bits per heavy atom. The van der Waals surface area contributed by atoms with E-state index in [1.807, 2.05) is 0 Å². The first kappa shape index (κ1) is 20.5. The Bertz CT molecular complexity index is 854. The van der Waals surface area contributed by atoms with Crippen LogP contribution in [0, 0.1) is 0 Å². The van der Waals surface area contributed by atoms with Crippen molar-refractivity contribution in [2.45, 2.75) is 12.1 Å². The number of alkyl halides is 5. The summed E-state index contributed by atoms with van der Waals surface area (Å²) < 4.78 is 63.9. The van der Waals surface area contributed by atoms with Gasteiger partial charge in [0.2, 0.25) is 6.33 Å². The van der Waals surface area contributed by atoms with E-state index in [2.05, 4.69) is 25.5 Å². The maximum Gasteiger partial charge on any atom is 0.457 e. The highest BCUT2D eigenvalue weighted by Crippen LogP contribution is 2.35. The van der Waals surface area contributed by atoms with E-state index in [4.69, 9.17) is 11.6 Å². The van der Waals surface area contributed by atoms with Crippen LogP contribution in [0.15, 0.2) is 30.1 Å². The SMILES string of the molecule is Cn1c[n+](NC(=O)c2cnc(/C=N/OCC(F)(F)C(F)(F)F)c(Cl)c2)cn1. The van der Waals surface area contributed by atoms with Gasteiger partial charge in [-0.15, -0.1) is 9.36 Å². The molecule has 146 valence electrons. The molecule has 1 amide bonds. The molecule has 0 saturated carbocycles. The maximum absolute atomic E-state index is 12.6. The lowest BCUT2D eigenvalue weighted by molar-refractivity contribution is -0.642. The average molecular weight is 414 g/mol. The lowest BCUT2D eigenvalue weighted by atomic mass is 10.2. The van der Waals surface area contributed by atoms with E-state index >= 15 is 0 Å². The number of pyridine rings is 1. The topological polar surface area (TPSA) is 85.3 Å². The fourth-order valence-corrected chi connectivity index (χ4v) is 1.79. The van der Waals surface area contributed by atoms with Gasteiger partial charge in [-0.2, -0.15) is 22.0 Å². The van der Waals surface area contributed by atoms with Gasteiger partial charge in [-0.05, 0) is 6.07 Å². The number of hydrogen-bond acceptors (Lipinski definition) is 5. The van der Waals surface area contributed by atoms with E-state index < -0.39 is 24.6 Å². The van der Waals surface area contributed by atoms with Gasteiger partial charge in [0, 0.05) is 11.3 Å². The monoisotopic (exact) mass is 413 g/mol. The largest absolute Gasteiger partial charge is 0.457 e. The zero-order valence-electron chi connectivity index (χ0n) is 13.4. The summed E-state index contributed by atoms with van der Waals surface area (Å²) in [6, 6.07) is 1.20. The van der Waals surface area contributed by atoms with Crippen molar-refractivity contribution in [2.24, 2.45) is 12.2 Å². The number of aryl methyl sites for hydroxylation is 1. The molecule has 0 spiro atoms. The van der Waals surface area contributed by atoms with Crippen molar-refractivity contribution in [3.8, 4) is 0 Å². The van der Waals surface area contributed by atoms with Crippen LogP contribution in [0.5, 0.6) is 0 Å². The Balaban J connectivity index is 1.99. The fourth-order valence-electron chi connectivity index (χ4n) is 1.57. The third-order valence-electron chi connectivity index (χ3n) is 2.92. The number of amides is 1. The van der Waals surface area contributed by atoms with Gasteiger partial charge in [-0.25, -0.2) is 5.43 Å². The predicted molar refractivity (Wildman–Crippen MR) is 80.9 cm³/mol. The van der Waals surface area contributed by atoms with E-state index in [-0.39, 0.29) is 16.3 Å². The van der Waals surface area contributed by atoms with Gasteiger partial charge in [-0.1, -0.05) is 16.8 Å². The van der Waals surface area contributed by atoms with Gasteiger partial charge in [0.1, 0.15) is 5.69 Å². The molecule has 0 aliphatic rings. The van der Waals surface area contributed by atoms with Crippen molar-refractivity contribution >= 4 is 23.7 Å². The second-order valence-corrected chi connectivity index (χ2v) is 5.48. The molecule has 1 N–H and O–H groups in total. The first-order valence-corrected chi connectivity index (χ1v) is 7.34. The van der Waals surface area contributed by atoms with Gasteiger partial charge >= 0.3 is 12.1 Å². The minimum Gasteiger partial charge on any atom is -0.389 e. The Labute approximate surface area is 153 Å². The van der Waals surface area contributed by atoms with Crippen LogP contribution in [0.25, 0.3) is 0 Å². The number of nitrogens with zero attached hydrogens (tertiary/aromatic N) is 5. The standard InChI is InChI=1S/C13H10ClF5N6O2/c1-24-7-25(6-21-24)23-11(26)8-2-9(14)10(20-3-8)4-22-27-5-12(15,16)13(17,18)19/h2-4,6-7H,5H2,1H3/p+1/b22-4+. The molecular formula is C13H11ClF5N6O2+. The van der Waals surface area contributed by atoms with Gasteiger partial charge in [0.15, 0.2) is 6.61 Å². The molecule has 0 fully saturated rings. The summed E-state index contributed by atoms with van der Waals surface area (Å²) in [4.78, 5) is 19.8. The molecule has 2 heterocycles. The zero-order chi connectivity index (χ0) is 20.2. The molecule has 2 aromatic rings. The molecule has 0 saturated heterocycles. The molecule has 0 aliphatic carbocycles. The zero-order valence-corrected chi connectivity index (χ0v) is 14.2. The van der Waals surface area contributed by atoms with Crippen molar-refractivity contribution in [3.05, 3.63) is 41.2 Å². The van der Waals surface area contributed by atoms with Crippen LogP contribution in [0.4, 0.5) is 22.0 Å². The van der Waals surface area contributed by atoms with Crippen LogP contribution >= 0.6 is 11.6 Å². The Hall–Kier alpha value is -2.83. The van der Waals surface area contributed by atoms with Gasteiger partial charge in [0.05, 0.1) is 23.8 Å². The molecule has 0 bridgehead atoms. The molecule has 8 nitrogen and oxygen atoms in total. The minimum atomic E-state index is -5.75. The average Bonchev–Trinajstić information content (AvgIpc) is 2.96. The highest BCUT2D eigenvalue weighted by atomic mass is 35.5. The van der Waals surface area contributed by atoms with Crippen LogP contribution in [0.2, 0.25) is 5.02 Å². The van der Waals surface area contributed by atoms with Crippen LogP contribution in [-0.2, 0) is 11.9 Å². The molecule has 27 heavy (non-hydrogen) atoms. The lowest BCUT2D eigenvalue weighted by Gasteiger charge is -2.17. The highest BCUT2D eigenvalue weighted by molar-refractivity contribution is 6.33. The van der Waals surface area contributed by atoms with E-state index in [1.165, 1.54) is 28.1 Å². The molecule has 0 unspecified atom stereocenters. The molecule has 14 heteroatoms. The number of carbonyl (C=O) groups excluding carboxylic acids is 1. The van der Waals surface area contributed by atoms with Crippen LogP contribution in [0.1, 0.15) is 16.1 Å². The van der Waals surface area contributed by atoms with Crippen molar-refractivity contribution in [2.75, 3.05) is 12.0 Å². The molecule has 2 aromatic heterocycles. The first-order valence-electron chi connectivity index (χ1n) is 6.96. The van der Waals surface area contributed by atoms with Crippen LogP contribution < -0.4 is 10.1 Å². The van der Waals surface area contributed by atoms with Gasteiger partial charge in [-0.3, -0.25) is 9.78 Å². The Morgan fingerprint density at radius 2 is 2.15 bits per heavy atom. The number of rotatable bonds is 6. The molecule has 0 aliphatic heterocycles. The molecule has 0 atom stereocenters. The summed E-state index contributed by atoms with van der Waals surface area (Å²) in [5.74, 6) is -5.63. The smallest absolute Gasteiger partial charge is 0.389 e. The fraction of sp³-hybridized carbons (Fsp3) is 0.308. The van der Waals surface area contributed by atoms with E-state index in [9.17, 15) is 26.7 Å². The molecule has 2 rings (SSSR count). The maximum atomic E-state index is 12.6. The van der Waals surface area contributed by atoms with Crippen molar-refractivity contribution in [1.29, 1.82) is 0 Å². The molecule has 0 aromatic carbocycles. The lowest BCUT2D eigenvalue weighted by Crippen LogP contribution is -2.46. The number of aromatic nitrogens is 4. The number of carbonyl (C=O) groups is 1. The summed E-state index contributed by atoms with van der Waals surface area (Å²) in [7, 11) is 1.64. The summed E-state index contributed by atoms with van der Waals surface area (Å²) in [6.45, 7) is -1.99. The van der Waals surface area contributed by atoms with Crippen LogP contribution in [-0.4, -0.2) is 45.6 Å². The summed E-state index contributed by atoms with van der Waals surface area (Å²) in [5, 5.41) is 6.71. The molecule has 0 radical (unpaired) electrons. The Morgan fingerprint density at radius 1 is 1.44 bits per heavy atom. The van der Waals surface area contributed by atoms with Crippen molar-refractivity contribution in [1.82, 2.24) is 14.8 Å². The highest BCUT2D eigenvalue weighted by Gasteiger charge is 2.58.